The molecule has 0 aromatic heterocycles. The molecule has 0 amide bonds. The standard InChI is InChI=1S/C17H22N4O/c18-21-19-16-7-14-6-15(8-16)10-17(9-14,12-16)20-22-11-13-4-2-1-3-5-13/h1-5,14-15,20H,6-12H2/t14-,15+,16?,17?. The fraction of sp³-hybridized carbons (Fsp3) is 0.647. The van der Waals surface area contributed by atoms with Crippen LogP contribution in [0.1, 0.15) is 44.1 Å². The predicted octanol–water partition coefficient (Wildman–Crippen LogP) is 4.11. The second kappa shape index (κ2) is 5.27. The lowest BCUT2D eigenvalue weighted by Gasteiger charge is -2.60. The Balaban J connectivity index is 1.46. The van der Waals surface area contributed by atoms with Crippen LogP contribution in [-0.4, -0.2) is 11.1 Å². The van der Waals surface area contributed by atoms with Crippen LogP contribution in [0.5, 0.6) is 0 Å². The average molecular weight is 298 g/mol. The molecule has 0 aliphatic heterocycles. The molecule has 5 heteroatoms. The van der Waals surface area contributed by atoms with Gasteiger partial charge in [0.1, 0.15) is 0 Å². The summed E-state index contributed by atoms with van der Waals surface area (Å²) in [5.41, 5.74) is 13.3. The Morgan fingerprint density at radius 3 is 2.59 bits per heavy atom. The molecule has 5 nitrogen and oxygen atoms in total. The van der Waals surface area contributed by atoms with Gasteiger partial charge < -0.3 is 0 Å². The lowest BCUT2D eigenvalue weighted by molar-refractivity contribution is -0.121. The van der Waals surface area contributed by atoms with Crippen molar-refractivity contribution in [2.24, 2.45) is 17.0 Å². The van der Waals surface area contributed by atoms with Crippen LogP contribution in [0.4, 0.5) is 0 Å². The molecular formula is C17H22N4O. The number of hydrogen-bond acceptors (Lipinski definition) is 3. The minimum Gasteiger partial charge on any atom is -0.296 e. The van der Waals surface area contributed by atoms with Gasteiger partial charge in [-0.2, -0.15) is 5.48 Å². The zero-order valence-electron chi connectivity index (χ0n) is 12.7. The molecule has 1 aromatic carbocycles. The van der Waals surface area contributed by atoms with Crippen LogP contribution in [-0.2, 0) is 11.4 Å². The van der Waals surface area contributed by atoms with Crippen LogP contribution in [0.2, 0.25) is 0 Å². The molecule has 4 aliphatic rings. The maximum Gasteiger partial charge on any atom is 0.0933 e. The van der Waals surface area contributed by atoms with Crippen LogP contribution in [0.15, 0.2) is 35.4 Å². The van der Waals surface area contributed by atoms with E-state index in [-0.39, 0.29) is 11.1 Å². The van der Waals surface area contributed by atoms with Gasteiger partial charge in [-0.3, -0.25) is 4.84 Å². The monoisotopic (exact) mass is 298 g/mol. The fourth-order valence-corrected chi connectivity index (χ4v) is 5.39. The number of hydrogen-bond donors (Lipinski definition) is 1. The summed E-state index contributed by atoms with van der Waals surface area (Å²) in [6.45, 7) is 0.576. The van der Waals surface area contributed by atoms with Gasteiger partial charge in [0, 0.05) is 10.5 Å². The SMILES string of the molecule is [N-]=[N+]=NC12C[C@H]3C[C@@H](C1)CC(NOCc1ccccc1)(C3)C2. The average Bonchev–Trinajstić information content (AvgIpc) is 2.46. The molecule has 1 N–H and O–H groups in total. The molecule has 22 heavy (non-hydrogen) atoms. The van der Waals surface area contributed by atoms with Crippen molar-refractivity contribution in [3.05, 3.63) is 46.3 Å². The first kappa shape index (κ1) is 14.1. The highest BCUT2D eigenvalue weighted by Crippen LogP contribution is 2.59. The summed E-state index contributed by atoms with van der Waals surface area (Å²) < 4.78 is 0. The van der Waals surface area contributed by atoms with Gasteiger partial charge in [0.25, 0.3) is 0 Å². The third-order valence-corrected chi connectivity index (χ3v) is 5.66. The lowest BCUT2D eigenvalue weighted by atomic mass is 9.50. The molecule has 1 aromatic rings. The van der Waals surface area contributed by atoms with Crippen LogP contribution in [0.25, 0.3) is 10.4 Å². The highest BCUT2D eigenvalue weighted by molar-refractivity contribution is 5.16. The van der Waals surface area contributed by atoms with Gasteiger partial charge in [0.2, 0.25) is 0 Å². The lowest BCUT2D eigenvalue weighted by Crippen LogP contribution is -2.63. The normalized spacial score (nSPS) is 38.7. The van der Waals surface area contributed by atoms with Crippen molar-refractivity contribution in [1.82, 2.24) is 5.48 Å². The molecule has 116 valence electrons. The first-order valence-electron chi connectivity index (χ1n) is 8.20. The van der Waals surface area contributed by atoms with Gasteiger partial charge in [-0.05, 0) is 61.5 Å². The Morgan fingerprint density at radius 1 is 1.18 bits per heavy atom. The highest BCUT2D eigenvalue weighted by atomic mass is 16.6. The van der Waals surface area contributed by atoms with Gasteiger partial charge in [0.05, 0.1) is 12.1 Å². The van der Waals surface area contributed by atoms with E-state index in [1.54, 1.807) is 0 Å². The van der Waals surface area contributed by atoms with Crippen molar-refractivity contribution in [2.45, 2.75) is 56.2 Å². The van der Waals surface area contributed by atoms with Gasteiger partial charge >= 0.3 is 0 Å². The first-order chi connectivity index (χ1) is 10.7. The van der Waals surface area contributed by atoms with Gasteiger partial charge in [-0.1, -0.05) is 35.4 Å². The maximum atomic E-state index is 8.94. The number of azide groups is 1. The Bertz CT molecular complexity index is 582. The van der Waals surface area contributed by atoms with Crippen molar-refractivity contribution >= 4 is 0 Å². The predicted molar refractivity (Wildman–Crippen MR) is 83.7 cm³/mol. The zero-order valence-corrected chi connectivity index (χ0v) is 12.7. The van der Waals surface area contributed by atoms with E-state index in [9.17, 15) is 0 Å². The largest absolute Gasteiger partial charge is 0.296 e. The fourth-order valence-electron chi connectivity index (χ4n) is 5.39. The highest BCUT2D eigenvalue weighted by Gasteiger charge is 2.57. The Kier molecular flexibility index (Phi) is 3.37. The van der Waals surface area contributed by atoms with Gasteiger partial charge in [-0.25, -0.2) is 0 Å². The summed E-state index contributed by atoms with van der Waals surface area (Å²) >= 11 is 0. The van der Waals surface area contributed by atoms with E-state index >= 15 is 0 Å². The van der Waals surface area contributed by atoms with Crippen molar-refractivity contribution in [3.8, 4) is 0 Å². The van der Waals surface area contributed by atoms with E-state index in [2.05, 4.69) is 27.6 Å². The Labute approximate surface area is 130 Å². The Hall–Kier alpha value is -1.55. The molecule has 0 saturated heterocycles. The summed E-state index contributed by atoms with van der Waals surface area (Å²) in [6.07, 6.45) is 6.66. The third kappa shape index (κ3) is 2.50. The molecule has 4 atom stereocenters. The molecule has 2 unspecified atom stereocenters. The van der Waals surface area contributed by atoms with Crippen molar-refractivity contribution in [2.75, 3.05) is 0 Å². The number of nitrogens with zero attached hydrogens (tertiary/aromatic N) is 3. The van der Waals surface area contributed by atoms with Crippen LogP contribution >= 0.6 is 0 Å². The second-order valence-electron chi connectivity index (χ2n) is 7.53. The summed E-state index contributed by atoms with van der Waals surface area (Å²) in [6, 6.07) is 10.2. The maximum absolute atomic E-state index is 8.94. The van der Waals surface area contributed by atoms with Crippen LogP contribution in [0, 0.1) is 11.8 Å². The van der Waals surface area contributed by atoms with Gasteiger partial charge in [-0.15, -0.1) is 0 Å². The molecule has 4 bridgehead atoms. The first-order valence-corrected chi connectivity index (χ1v) is 8.20. The minimum atomic E-state index is -0.165. The molecule has 0 spiro atoms. The van der Waals surface area contributed by atoms with E-state index < -0.39 is 0 Å². The topological polar surface area (TPSA) is 70.0 Å². The summed E-state index contributed by atoms with van der Waals surface area (Å²) in [4.78, 5) is 8.98. The quantitative estimate of drug-likeness (QED) is 0.384. The summed E-state index contributed by atoms with van der Waals surface area (Å²) in [7, 11) is 0. The molecule has 0 heterocycles. The van der Waals surface area contributed by atoms with E-state index in [4.69, 9.17) is 10.4 Å². The molecule has 5 rings (SSSR count). The zero-order chi connectivity index (χ0) is 15.0. The summed E-state index contributed by atoms with van der Waals surface area (Å²) in [5, 5.41) is 4.21. The number of benzene rings is 1. The summed E-state index contributed by atoms with van der Waals surface area (Å²) in [5.74, 6) is 1.36. The molecule has 4 saturated carbocycles. The van der Waals surface area contributed by atoms with E-state index in [1.165, 1.54) is 12.0 Å². The Morgan fingerprint density at radius 2 is 1.91 bits per heavy atom. The number of rotatable bonds is 5. The van der Waals surface area contributed by atoms with Gasteiger partial charge in [0.15, 0.2) is 0 Å². The number of hydroxylamine groups is 1. The van der Waals surface area contributed by atoms with Crippen molar-refractivity contribution in [1.29, 1.82) is 0 Å². The number of nitrogens with one attached hydrogen (secondary N) is 1. The van der Waals surface area contributed by atoms with E-state index in [1.807, 2.05) is 18.2 Å². The third-order valence-electron chi connectivity index (χ3n) is 5.66. The van der Waals surface area contributed by atoms with E-state index in [0.29, 0.717) is 18.4 Å². The molecule has 4 fully saturated rings. The smallest absolute Gasteiger partial charge is 0.0933 e. The van der Waals surface area contributed by atoms with Crippen molar-refractivity contribution < 1.29 is 4.84 Å². The second-order valence-corrected chi connectivity index (χ2v) is 7.53. The molecule has 0 radical (unpaired) electrons. The van der Waals surface area contributed by atoms with Crippen molar-refractivity contribution in [3.63, 3.8) is 0 Å². The molecular weight excluding hydrogens is 276 g/mol. The minimum absolute atomic E-state index is 0.00700. The van der Waals surface area contributed by atoms with Crippen LogP contribution < -0.4 is 5.48 Å². The van der Waals surface area contributed by atoms with E-state index in [0.717, 1.165) is 32.1 Å². The molecule has 4 aliphatic carbocycles. The van der Waals surface area contributed by atoms with Crippen LogP contribution in [0.3, 0.4) is 0 Å².